The van der Waals surface area contributed by atoms with Crippen LogP contribution >= 0.6 is 15.9 Å². The van der Waals surface area contributed by atoms with E-state index < -0.39 is 66.1 Å². The Morgan fingerprint density at radius 2 is 1.52 bits per heavy atom. The summed E-state index contributed by atoms with van der Waals surface area (Å²) in [6, 6.07) is 4.67. The number of amides is 7. The lowest BCUT2D eigenvalue weighted by molar-refractivity contribution is -0.148. The number of nitrogens with zero attached hydrogens (tertiary/aromatic N) is 5. The Morgan fingerprint density at radius 3 is 2.11 bits per heavy atom. The van der Waals surface area contributed by atoms with Crippen molar-refractivity contribution >= 4 is 63.0 Å². The summed E-state index contributed by atoms with van der Waals surface area (Å²) in [5.41, 5.74) is 1.45. The van der Waals surface area contributed by atoms with Gasteiger partial charge in [0, 0.05) is 46.2 Å². The van der Waals surface area contributed by atoms with Crippen LogP contribution in [0, 0.1) is 23.7 Å². The first-order valence-corrected chi connectivity index (χ1v) is 25.9. The number of hydrogen-bond acceptors (Lipinski definition) is 12. The number of ether oxygens (including phenoxy) is 2. The maximum absolute atomic E-state index is 14.3. The molecule has 0 saturated carbocycles. The second-order valence-corrected chi connectivity index (χ2v) is 20.2. The van der Waals surface area contributed by atoms with Crippen LogP contribution in [0.3, 0.4) is 0 Å². The molecule has 0 unspecified atom stereocenters. The molecule has 396 valence electrons. The fourth-order valence-corrected chi connectivity index (χ4v) is 9.56. The van der Waals surface area contributed by atoms with E-state index in [-0.39, 0.29) is 59.5 Å². The zero-order chi connectivity index (χ0) is 53.3. The van der Waals surface area contributed by atoms with Crippen molar-refractivity contribution in [2.45, 2.75) is 148 Å². The van der Waals surface area contributed by atoms with E-state index in [1.807, 2.05) is 66.6 Å². The maximum atomic E-state index is 14.3. The number of benzene rings is 1. The molecule has 1 aliphatic heterocycles. The maximum Gasteiger partial charge on any atom is 0.270 e. The van der Waals surface area contributed by atoms with Crippen LogP contribution in [0.4, 0.5) is 5.69 Å². The van der Waals surface area contributed by atoms with Gasteiger partial charge in [0.2, 0.25) is 35.4 Å². The van der Waals surface area contributed by atoms with E-state index in [4.69, 9.17) is 9.47 Å². The number of nitrogens with one attached hydrogen (secondary N) is 5. The van der Waals surface area contributed by atoms with Gasteiger partial charge in [-0.3, -0.25) is 38.5 Å². The van der Waals surface area contributed by atoms with Gasteiger partial charge in [-0.05, 0) is 88.7 Å². The number of likely N-dealkylation sites (N-methyl/N-ethyl adjacent to an activating group) is 2. The van der Waals surface area contributed by atoms with Crippen LogP contribution in [-0.4, -0.2) is 163 Å². The number of anilines is 1. The van der Waals surface area contributed by atoms with Gasteiger partial charge in [0.1, 0.15) is 29.6 Å². The zero-order valence-electron chi connectivity index (χ0n) is 44.3. The minimum atomic E-state index is -0.952. The first-order chi connectivity index (χ1) is 33.5. The molecule has 0 spiro atoms. The Hall–Kier alpha value is -5.05. The number of carbonyl (C=O) groups is 7. The van der Waals surface area contributed by atoms with Crippen molar-refractivity contribution in [1.29, 1.82) is 0 Å². The molecule has 1 aromatic carbocycles. The Morgan fingerprint density at radius 1 is 0.845 bits per heavy atom. The van der Waals surface area contributed by atoms with Crippen LogP contribution in [0.1, 0.15) is 110 Å². The monoisotopic (exact) mass is 1060 g/mol. The Kier molecular flexibility index (Phi) is 24.5. The second-order valence-electron chi connectivity index (χ2n) is 19.6. The molecule has 3 rings (SSSR count). The molecule has 10 atom stereocenters. The molecule has 71 heavy (non-hydrogen) atoms. The fourth-order valence-electron chi connectivity index (χ4n) is 9.29. The summed E-state index contributed by atoms with van der Waals surface area (Å²) in [6.45, 7) is 17.4. The van der Waals surface area contributed by atoms with E-state index in [2.05, 4.69) is 52.5 Å². The molecule has 2 aromatic rings. The lowest BCUT2D eigenvalue weighted by Crippen LogP contribution is -2.59. The number of hydrogen-bond donors (Lipinski definition) is 5. The van der Waals surface area contributed by atoms with E-state index in [0.29, 0.717) is 49.2 Å². The first-order valence-electron chi connectivity index (χ1n) is 24.8. The molecular weight excluding hydrogens is 977 g/mol. The van der Waals surface area contributed by atoms with Crippen molar-refractivity contribution in [3.8, 4) is 0 Å². The highest BCUT2D eigenvalue weighted by molar-refractivity contribution is 9.08. The molecule has 1 saturated heterocycles. The topological polar surface area (TPSA) is 234 Å². The number of likely N-dealkylation sites (tertiary alicyclic amines) is 1. The molecule has 1 aliphatic rings. The Bertz CT molecular complexity index is 2100. The number of aromatic nitrogens is 2. The van der Waals surface area contributed by atoms with E-state index in [1.165, 1.54) is 26.1 Å². The molecule has 7 amide bonds. The molecule has 2 heterocycles. The van der Waals surface area contributed by atoms with Crippen LogP contribution in [0.25, 0.3) is 0 Å². The van der Waals surface area contributed by atoms with Gasteiger partial charge >= 0.3 is 0 Å². The predicted octanol–water partition coefficient (Wildman–Crippen LogP) is 3.94. The van der Waals surface area contributed by atoms with Crippen molar-refractivity contribution < 1.29 is 43.0 Å². The van der Waals surface area contributed by atoms with Crippen LogP contribution in [0.5, 0.6) is 0 Å². The smallest absolute Gasteiger partial charge is 0.270 e. The molecule has 19 nitrogen and oxygen atoms in total. The number of methoxy groups -OCH3 is 2. The molecule has 1 fully saturated rings. The lowest BCUT2D eigenvalue weighted by atomic mass is 9.89. The van der Waals surface area contributed by atoms with Gasteiger partial charge in [0.25, 0.3) is 5.91 Å². The summed E-state index contributed by atoms with van der Waals surface area (Å²) in [5.74, 6) is -2.85. The number of carbonyl (C=O) groups excluding carboxylic acids is 7. The average molecular weight is 1060 g/mol. The fraction of sp³-hybridized carbons (Fsp3) is 0.667. The molecule has 0 bridgehead atoms. The predicted molar refractivity (Wildman–Crippen MR) is 276 cm³/mol. The third kappa shape index (κ3) is 17.0. The summed E-state index contributed by atoms with van der Waals surface area (Å²) in [7, 11) is 8.51. The van der Waals surface area contributed by atoms with Crippen molar-refractivity contribution in [1.82, 2.24) is 45.9 Å². The summed E-state index contributed by atoms with van der Waals surface area (Å²) < 4.78 is 12.0. The molecular formula is C51H81BrN10O9. The molecule has 1 aromatic heterocycles. The highest BCUT2D eigenvalue weighted by Crippen LogP contribution is 2.30. The van der Waals surface area contributed by atoms with Crippen molar-refractivity contribution in [3.05, 3.63) is 53.6 Å². The third-order valence-corrected chi connectivity index (χ3v) is 13.9. The average Bonchev–Trinajstić information content (AvgIpc) is 3.82. The second kappa shape index (κ2) is 28.9. The first kappa shape index (κ1) is 60.3. The van der Waals surface area contributed by atoms with Gasteiger partial charge in [-0.2, -0.15) is 0 Å². The van der Waals surface area contributed by atoms with Gasteiger partial charge in [-0.25, -0.2) is 9.97 Å². The normalized spacial score (nSPS) is 17.5. The highest BCUT2D eigenvalue weighted by Gasteiger charge is 2.43. The van der Waals surface area contributed by atoms with Gasteiger partial charge in [-0.15, -0.1) is 0 Å². The summed E-state index contributed by atoms with van der Waals surface area (Å²) in [6.07, 6.45) is 2.74. The minimum absolute atomic E-state index is 0.00169. The lowest BCUT2D eigenvalue weighted by Gasteiger charge is -2.41. The standard InChI is InChI=1S/C51H81BrN10O9/c1-15-31(6)44(61(12)51(69)42(29(2)3)59-50(68)43(30(4)5)60(10)11)39(70-13)27-41(63)62-25-17-20-38(62)45(71-14)32(7)46(64)54-23-21-35-18-16-19-36(26-35)57-48(66)34(9)55-47(65)33(8)56-49(67)37-22-24-53-40(28-52)58-37/h16,18-19,22,24,26,29-34,38-39,42-45H,15,17,20-21,23,25,27-28H2,1-14H3,(H,54,64)(H,55,65)(H,56,67)(H,57,66)(H,59,68)/t31-,32+,33-,34-,38-,39+,42-,43-,44-,45+/m0/s1. The van der Waals surface area contributed by atoms with Crippen molar-refractivity contribution in [2.24, 2.45) is 23.7 Å². The number of rotatable bonds is 27. The minimum Gasteiger partial charge on any atom is -0.379 e. The zero-order valence-corrected chi connectivity index (χ0v) is 45.9. The van der Waals surface area contributed by atoms with Crippen LogP contribution in [0.2, 0.25) is 0 Å². The molecule has 5 N–H and O–H groups in total. The van der Waals surface area contributed by atoms with E-state index in [1.54, 1.807) is 56.2 Å². The largest absolute Gasteiger partial charge is 0.379 e. The highest BCUT2D eigenvalue weighted by atomic mass is 79.9. The van der Waals surface area contributed by atoms with E-state index in [0.717, 1.165) is 12.0 Å². The SMILES string of the molecule is CC[C@H](C)[C@@H]([C@@H](CC(=O)N1CCC[C@H]1[C@H](OC)[C@@H](C)C(=O)NCCc1cccc(NC(=O)[C@H](C)NC(=O)[C@H](C)NC(=O)c2ccnc(CBr)n2)c1)OC)N(C)C(=O)[C@@H](NC(=O)[C@H](C(C)C)N(C)C)C(C)C. The molecule has 0 aliphatic carbocycles. The van der Waals surface area contributed by atoms with E-state index in [9.17, 15) is 33.6 Å². The quantitative estimate of drug-likeness (QED) is 0.0802. The van der Waals surface area contributed by atoms with Gasteiger partial charge in [0.05, 0.1) is 48.0 Å². The number of alkyl halides is 1. The van der Waals surface area contributed by atoms with Crippen molar-refractivity contribution in [2.75, 3.05) is 53.8 Å². The van der Waals surface area contributed by atoms with Gasteiger partial charge in [-0.1, -0.05) is 82.9 Å². The molecule has 0 radical (unpaired) electrons. The van der Waals surface area contributed by atoms with Crippen LogP contribution in [0.15, 0.2) is 36.5 Å². The van der Waals surface area contributed by atoms with Crippen LogP contribution < -0.4 is 26.6 Å². The summed E-state index contributed by atoms with van der Waals surface area (Å²) >= 11 is 3.25. The van der Waals surface area contributed by atoms with E-state index >= 15 is 0 Å². The van der Waals surface area contributed by atoms with Gasteiger partial charge in [0.15, 0.2) is 0 Å². The van der Waals surface area contributed by atoms with Crippen molar-refractivity contribution in [3.63, 3.8) is 0 Å². The Labute approximate surface area is 429 Å². The Balaban J connectivity index is 1.61. The van der Waals surface area contributed by atoms with Crippen LogP contribution in [-0.2, 0) is 50.0 Å². The number of halogens is 1. The summed E-state index contributed by atoms with van der Waals surface area (Å²) in [5, 5.41) is 14.4. The van der Waals surface area contributed by atoms with Gasteiger partial charge < -0.3 is 45.9 Å². The third-order valence-electron chi connectivity index (χ3n) is 13.4. The molecule has 20 heteroatoms. The summed E-state index contributed by atoms with van der Waals surface area (Å²) in [4.78, 5) is 108.